The fraction of sp³-hybridized carbons (Fsp3) is 0.286. The van der Waals surface area contributed by atoms with Crippen LogP contribution < -0.4 is 0 Å². The van der Waals surface area contributed by atoms with Gasteiger partial charge in [0.2, 0.25) is 0 Å². The van der Waals surface area contributed by atoms with Gasteiger partial charge in [0.15, 0.2) is 6.29 Å². The van der Waals surface area contributed by atoms with Crippen molar-refractivity contribution in [2.75, 3.05) is 0 Å². The van der Waals surface area contributed by atoms with E-state index >= 15 is 0 Å². The van der Waals surface area contributed by atoms with Gasteiger partial charge in [0.25, 0.3) is 0 Å². The molecule has 2 rings (SSSR count). The highest BCUT2D eigenvalue weighted by atomic mass is 16.1. The summed E-state index contributed by atoms with van der Waals surface area (Å²) in [5.41, 5.74) is 2.53. The Balaban J connectivity index is 2.37. The first-order chi connectivity index (χ1) is 8.20. The number of benzene rings is 1. The van der Waals surface area contributed by atoms with Crippen molar-refractivity contribution in [3.63, 3.8) is 0 Å². The van der Waals surface area contributed by atoms with E-state index in [4.69, 9.17) is 0 Å². The average molecular weight is 228 g/mol. The summed E-state index contributed by atoms with van der Waals surface area (Å²) in [7, 11) is 0. The lowest BCUT2D eigenvalue weighted by Crippen LogP contribution is -1.99. The Morgan fingerprint density at radius 3 is 2.59 bits per heavy atom. The van der Waals surface area contributed by atoms with Gasteiger partial charge in [0, 0.05) is 6.20 Å². The van der Waals surface area contributed by atoms with Crippen LogP contribution in [0.3, 0.4) is 0 Å². The molecule has 3 heteroatoms. The van der Waals surface area contributed by atoms with Gasteiger partial charge in [-0.3, -0.25) is 4.79 Å². The van der Waals surface area contributed by atoms with Gasteiger partial charge in [-0.25, -0.2) is 4.68 Å². The molecule has 88 valence electrons. The van der Waals surface area contributed by atoms with Crippen LogP contribution in [-0.4, -0.2) is 16.1 Å². The van der Waals surface area contributed by atoms with Gasteiger partial charge < -0.3 is 0 Å². The van der Waals surface area contributed by atoms with Crippen LogP contribution in [0.4, 0.5) is 0 Å². The summed E-state index contributed by atoms with van der Waals surface area (Å²) in [5.74, 6) is 0.493. The summed E-state index contributed by atoms with van der Waals surface area (Å²) < 4.78 is 1.77. The summed E-state index contributed by atoms with van der Waals surface area (Å²) in [6.07, 6.45) is 3.50. The van der Waals surface area contributed by atoms with Crippen molar-refractivity contribution in [1.29, 1.82) is 0 Å². The summed E-state index contributed by atoms with van der Waals surface area (Å²) in [6, 6.07) is 9.82. The van der Waals surface area contributed by atoms with E-state index < -0.39 is 0 Å². The van der Waals surface area contributed by atoms with E-state index in [1.54, 1.807) is 10.9 Å². The zero-order chi connectivity index (χ0) is 12.3. The number of para-hydroxylation sites is 1. The van der Waals surface area contributed by atoms with E-state index in [1.807, 2.05) is 30.3 Å². The fourth-order valence-electron chi connectivity index (χ4n) is 1.78. The second-order valence-electron chi connectivity index (χ2n) is 4.53. The van der Waals surface area contributed by atoms with Crippen LogP contribution in [0.15, 0.2) is 36.5 Å². The second-order valence-corrected chi connectivity index (χ2v) is 4.53. The third kappa shape index (κ3) is 2.61. The number of hydrogen-bond donors (Lipinski definition) is 0. The number of carbonyl (C=O) groups excluding carboxylic acids is 1. The monoisotopic (exact) mass is 228 g/mol. The first-order valence-electron chi connectivity index (χ1n) is 5.80. The van der Waals surface area contributed by atoms with E-state index in [9.17, 15) is 4.79 Å². The van der Waals surface area contributed by atoms with Gasteiger partial charge in [-0.2, -0.15) is 5.10 Å². The number of aldehydes is 1. The largest absolute Gasteiger partial charge is 0.298 e. The topological polar surface area (TPSA) is 34.9 Å². The van der Waals surface area contributed by atoms with Crippen molar-refractivity contribution in [1.82, 2.24) is 9.78 Å². The van der Waals surface area contributed by atoms with E-state index in [0.29, 0.717) is 11.5 Å². The van der Waals surface area contributed by atoms with Crippen molar-refractivity contribution < 1.29 is 4.79 Å². The van der Waals surface area contributed by atoms with E-state index in [1.165, 1.54) is 0 Å². The van der Waals surface area contributed by atoms with Gasteiger partial charge >= 0.3 is 0 Å². The molecule has 0 spiro atoms. The molecule has 1 aromatic heterocycles. The highest BCUT2D eigenvalue weighted by Crippen LogP contribution is 2.14. The van der Waals surface area contributed by atoms with Crippen LogP contribution in [0.25, 0.3) is 5.69 Å². The molecule has 3 nitrogen and oxygen atoms in total. The lowest BCUT2D eigenvalue weighted by atomic mass is 10.1. The fourth-order valence-corrected chi connectivity index (χ4v) is 1.78. The predicted molar refractivity (Wildman–Crippen MR) is 67.5 cm³/mol. The second kappa shape index (κ2) is 4.95. The molecule has 0 aliphatic heterocycles. The van der Waals surface area contributed by atoms with Gasteiger partial charge in [-0.15, -0.1) is 0 Å². The van der Waals surface area contributed by atoms with Crippen molar-refractivity contribution in [2.45, 2.75) is 20.3 Å². The Bertz CT molecular complexity index is 500. The molecule has 2 aromatic rings. The molecule has 0 amide bonds. The molecule has 17 heavy (non-hydrogen) atoms. The lowest BCUT2D eigenvalue weighted by molar-refractivity contribution is 0.112. The van der Waals surface area contributed by atoms with Crippen molar-refractivity contribution in [2.24, 2.45) is 5.92 Å². The zero-order valence-electron chi connectivity index (χ0n) is 10.1. The molecule has 0 atom stereocenters. The molecule has 0 fully saturated rings. The van der Waals surface area contributed by atoms with Crippen molar-refractivity contribution >= 4 is 6.29 Å². The number of carbonyl (C=O) groups is 1. The van der Waals surface area contributed by atoms with Crippen LogP contribution >= 0.6 is 0 Å². The van der Waals surface area contributed by atoms with Crippen LogP contribution in [0.5, 0.6) is 0 Å². The number of aromatic nitrogens is 2. The molecule has 0 unspecified atom stereocenters. The normalized spacial score (nSPS) is 10.8. The van der Waals surface area contributed by atoms with Crippen LogP contribution in [-0.2, 0) is 6.42 Å². The maximum absolute atomic E-state index is 11.0. The van der Waals surface area contributed by atoms with E-state index in [2.05, 4.69) is 18.9 Å². The Labute approximate surface area is 101 Å². The standard InChI is InChI=1S/C14H16N2O/c1-11(2)8-14-12(10-17)9-16(15-14)13-6-4-3-5-7-13/h3-7,9-11H,8H2,1-2H3. The molecule has 1 heterocycles. The number of hydrogen-bond acceptors (Lipinski definition) is 2. The van der Waals surface area contributed by atoms with Gasteiger partial charge in [-0.05, 0) is 24.5 Å². The Morgan fingerprint density at radius 1 is 1.29 bits per heavy atom. The third-order valence-electron chi connectivity index (χ3n) is 2.57. The van der Waals surface area contributed by atoms with Gasteiger partial charge in [0.05, 0.1) is 16.9 Å². The highest BCUT2D eigenvalue weighted by Gasteiger charge is 2.10. The first kappa shape index (κ1) is 11.6. The molecule has 0 aliphatic carbocycles. The quantitative estimate of drug-likeness (QED) is 0.754. The van der Waals surface area contributed by atoms with Crippen LogP contribution in [0.1, 0.15) is 29.9 Å². The smallest absolute Gasteiger partial charge is 0.153 e. The number of nitrogens with zero attached hydrogens (tertiary/aromatic N) is 2. The molecule has 1 aromatic carbocycles. The van der Waals surface area contributed by atoms with Gasteiger partial charge in [0.1, 0.15) is 0 Å². The van der Waals surface area contributed by atoms with Crippen LogP contribution in [0, 0.1) is 5.92 Å². The minimum atomic E-state index is 0.493. The maximum Gasteiger partial charge on any atom is 0.153 e. The Morgan fingerprint density at radius 2 is 2.00 bits per heavy atom. The molecule has 0 N–H and O–H groups in total. The first-order valence-corrected chi connectivity index (χ1v) is 5.80. The van der Waals surface area contributed by atoms with Crippen molar-refractivity contribution in [3.8, 4) is 5.69 Å². The molecule has 0 saturated carbocycles. The Hall–Kier alpha value is -1.90. The molecule has 0 radical (unpaired) electrons. The molecule has 0 saturated heterocycles. The van der Waals surface area contributed by atoms with Gasteiger partial charge in [-0.1, -0.05) is 32.0 Å². The summed E-state index contributed by atoms with van der Waals surface area (Å²) in [6.45, 7) is 4.24. The van der Waals surface area contributed by atoms with E-state index in [0.717, 1.165) is 24.1 Å². The summed E-state index contributed by atoms with van der Waals surface area (Å²) >= 11 is 0. The molecule has 0 bridgehead atoms. The third-order valence-corrected chi connectivity index (χ3v) is 2.57. The lowest BCUT2D eigenvalue weighted by Gasteiger charge is -2.02. The SMILES string of the molecule is CC(C)Cc1nn(-c2ccccc2)cc1C=O. The molecular formula is C14H16N2O. The van der Waals surface area contributed by atoms with E-state index in [-0.39, 0.29) is 0 Å². The number of rotatable bonds is 4. The summed E-state index contributed by atoms with van der Waals surface area (Å²) in [4.78, 5) is 11.0. The van der Waals surface area contributed by atoms with Crippen LogP contribution in [0.2, 0.25) is 0 Å². The maximum atomic E-state index is 11.0. The minimum absolute atomic E-state index is 0.493. The summed E-state index contributed by atoms with van der Waals surface area (Å²) in [5, 5.41) is 4.48. The minimum Gasteiger partial charge on any atom is -0.298 e. The molecule has 0 aliphatic rings. The Kier molecular flexibility index (Phi) is 3.38. The molecular weight excluding hydrogens is 212 g/mol. The zero-order valence-corrected chi connectivity index (χ0v) is 10.1. The highest BCUT2D eigenvalue weighted by molar-refractivity contribution is 5.76. The predicted octanol–water partition coefficient (Wildman–Crippen LogP) is 2.88. The average Bonchev–Trinajstić information content (AvgIpc) is 2.72. The van der Waals surface area contributed by atoms with Crippen molar-refractivity contribution in [3.05, 3.63) is 47.8 Å².